The first kappa shape index (κ1) is 12.5. The summed E-state index contributed by atoms with van der Waals surface area (Å²) in [4.78, 5) is 4.42. The molecule has 5 heteroatoms. The average molecular weight is 239 g/mol. The van der Waals surface area contributed by atoms with Crippen LogP contribution in [0.1, 0.15) is 49.7 Å². The molecule has 2 rings (SSSR count). The van der Waals surface area contributed by atoms with Crippen LogP contribution in [0.15, 0.2) is 4.52 Å². The minimum Gasteiger partial charge on any atom is -0.377 e. The van der Waals surface area contributed by atoms with Crippen LogP contribution in [0.4, 0.5) is 0 Å². The average Bonchev–Trinajstić information content (AvgIpc) is 2.66. The highest BCUT2D eigenvalue weighted by molar-refractivity contribution is 5.00. The van der Waals surface area contributed by atoms with Crippen molar-refractivity contribution in [1.82, 2.24) is 15.5 Å². The van der Waals surface area contributed by atoms with Gasteiger partial charge in [-0.25, -0.2) is 0 Å². The monoisotopic (exact) mass is 239 g/mol. The topological polar surface area (TPSA) is 60.2 Å². The van der Waals surface area contributed by atoms with Gasteiger partial charge < -0.3 is 14.6 Å². The van der Waals surface area contributed by atoms with Gasteiger partial charge in [-0.05, 0) is 19.9 Å². The molecule has 0 aliphatic heterocycles. The fourth-order valence-corrected chi connectivity index (χ4v) is 2.55. The van der Waals surface area contributed by atoms with Gasteiger partial charge in [-0.1, -0.05) is 24.4 Å². The number of hydrogen-bond donors (Lipinski definition) is 1. The van der Waals surface area contributed by atoms with E-state index in [9.17, 15) is 0 Å². The van der Waals surface area contributed by atoms with Crippen LogP contribution < -0.4 is 5.32 Å². The van der Waals surface area contributed by atoms with Crippen LogP contribution in [0.5, 0.6) is 0 Å². The number of aromatic nitrogens is 2. The molecule has 1 aliphatic rings. The first-order chi connectivity index (χ1) is 8.35. The Kier molecular flexibility index (Phi) is 4.50. The van der Waals surface area contributed by atoms with Crippen LogP contribution >= 0.6 is 0 Å². The number of nitrogens with one attached hydrogen (secondary N) is 1. The van der Waals surface area contributed by atoms with Gasteiger partial charge in [-0.15, -0.1) is 0 Å². The van der Waals surface area contributed by atoms with Crippen LogP contribution in [-0.4, -0.2) is 30.3 Å². The lowest BCUT2D eigenvalue weighted by molar-refractivity contribution is 0.174. The second-order valence-corrected chi connectivity index (χ2v) is 4.62. The third-order valence-electron chi connectivity index (χ3n) is 3.46. The summed E-state index contributed by atoms with van der Waals surface area (Å²) in [7, 11) is 3.65. The Labute approximate surface area is 102 Å². The van der Waals surface area contributed by atoms with E-state index in [1.807, 2.05) is 7.05 Å². The quantitative estimate of drug-likeness (QED) is 0.812. The van der Waals surface area contributed by atoms with Crippen molar-refractivity contribution in [2.24, 2.45) is 0 Å². The van der Waals surface area contributed by atoms with Gasteiger partial charge in [0.25, 0.3) is 0 Å². The summed E-state index contributed by atoms with van der Waals surface area (Å²) in [6.45, 7) is 0.417. The maximum Gasteiger partial charge on any atom is 0.231 e. The zero-order valence-electron chi connectivity index (χ0n) is 10.6. The van der Waals surface area contributed by atoms with Crippen molar-refractivity contribution in [3.63, 3.8) is 0 Å². The summed E-state index contributed by atoms with van der Waals surface area (Å²) in [6.07, 6.45) is 6.13. The number of rotatable bonds is 4. The van der Waals surface area contributed by atoms with E-state index >= 15 is 0 Å². The largest absolute Gasteiger partial charge is 0.377 e. The van der Waals surface area contributed by atoms with Gasteiger partial charge >= 0.3 is 0 Å². The minimum absolute atomic E-state index is 0.348. The summed E-state index contributed by atoms with van der Waals surface area (Å²) < 4.78 is 10.4. The predicted molar refractivity (Wildman–Crippen MR) is 63.7 cm³/mol. The zero-order valence-corrected chi connectivity index (χ0v) is 10.6. The molecule has 2 atom stereocenters. The summed E-state index contributed by atoms with van der Waals surface area (Å²) in [5.74, 6) is 1.75. The summed E-state index contributed by atoms with van der Waals surface area (Å²) in [6, 6.07) is 0.452. The third-order valence-corrected chi connectivity index (χ3v) is 3.46. The SMILES string of the molecule is CNC1CCCCCC1c1nc(COC)no1. The Morgan fingerprint density at radius 2 is 2.18 bits per heavy atom. The van der Waals surface area contributed by atoms with Crippen LogP contribution in [0, 0.1) is 0 Å². The highest BCUT2D eigenvalue weighted by atomic mass is 16.5. The van der Waals surface area contributed by atoms with Crippen molar-refractivity contribution < 1.29 is 9.26 Å². The molecule has 1 N–H and O–H groups in total. The lowest BCUT2D eigenvalue weighted by Crippen LogP contribution is -2.31. The van der Waals surface area contributed by atoms with Crippen LogP contribution in [-0.2, 0) is 11.3 Å². The standard InChI is InChI=1S/C12H21N3O2/c1-13-10-7-5-3-4-6-9(10)12-14-11(8-16-2)15-17-12/h9-10,13H,3-8H2,1-2H3. The molecule has 96 valence electrons. The van der Waals surface area contributed by atoms with Gasteiger partial charge in [0, 0.05) is 13.2 Å². The molecule has 0 saturated heterocycles. The Morgan fingerprint density at radius 3 is 2.94 bits per heavy atom. The first-order valence-corrected chi connectivity index (χ1v) is 6.34. The normalized spacial score (nSPS) is 25.8. The molecule has 2 unspecified atom stereocenters. The van der Waals surface area contributed by atoms with Gasteiger partial charge in [-0.2, -0.15) is 4.98 Å². The number of methoxy groups -OCH3 is 1. The molecule has 1 aromatic rings. The minimum atomic E-state index is 0.348. The molecule has 0 bridgehead atoms. The zero-order chi connectivity index (χ0) is 12.1. The Bertz CT molecular complexity index is 340. The lowest BCUT2D eigenvalue weighted by atomic mass is 9.95. The van der Waals surface area contributed by atoms with Crippen molar-refractivity contribution in [3.05, 3.63) is 11.7 Å². The summed E-state index contributed by atoms with van der Waals surface area (Å²) in [5, 5.41) is 7.32. The highest BCUT2D eigenvalue weighted by Gasteiger charge is 2.28. The lowest BCUT2D eigenvalue weighted by Gasteiger charge is -2.20. The maximum atomic E-state index is 5.36. The number of nitrogens with zero attached hydrogens (tertiary/aromatic N) is 2. The molecule has 1 aliphatic carbocycles. The molecule has 0 radical (unpaired) electrons. The number of ether oxygens (including phenoxy) is 1. The van der Waals surface area contributed by atoms with Crippen molar-refractivity contribution in [2.75, 3.05) is 14.2 Å². The van der Waals surface area contributed by atoms with Crippen LogP contribution in [0.3, 0.4) is 0 Å². The summed E-state index contributed by atoms with van der Waals surface area (Å²) in [5.41, 5.74) is 0. The van der Waals surface area contributed by atoms with Gasteiger partial charge in [-0.3, -0.25) is 0 Å². The molecule has 1 saturated carbocycles. The van der Waals surface area contributed by atoms with E-state index in [0.717, 1.165) is 12.3 Å². The third kappa shape index (κ3) is 3.04. The molecule has 0 amide bonds. The number of likely N-dealkylation sites (N-methyl/N-ethyl adjacent to an activating group) is 1. The molecule has 0 spiro atoms. The van der Waals surface area contributed by atoms with Crippen molar-refractivity contribution in [3.8, 4) is 0 Å². The molecule has 1 heterocycles. The van der Waals surface area contributed by atoms with E-state index < -0.39 is 0 Å². The highest BCUT2D eigenvalue weighted by Crippen LogP contribution is 2.30. The fraction of sp³-hybridized carbons (Fsp3) is 0.833. The summed E-state index contributed by atoms with van der Waals surface area (Å²) >= 11 is 0. The Balaban J connectivity index is 2.10. The van der Waals surface area contributed by atoms with E-state index in [-0.39, 0.29) is 0 Å². The smallest absolute Gasteiger partial charge is 0.231 e. The van der Waals surface area contributed by atoms with Gasteiger partial charge in [0.05, 0.1) is 5.92 Å². The van der Waals surface area contributed by atoms with E-state index in [1.54, 1.807) is 7.11 Å². The Morgan fingerprint density at radius 1 is 1.35 bits per heavy atom. The van der Waals surface area contributed by atoms with E-state index in [4.69, 9.17) is 9.26 Å². The second kappa shape index (κ2) is 6.12. The molecular formula is C12H21N3O2. The first-order valence-electron chi connectivity index (χ1n) is 6.34. The molecule has 0 aromatic carbocycles. The van der Waals surface area contributed by atoms with Crippen LogP contribution in [0.2, 0.25) is 0 Å². The van der Waals surface area contributed by atoms with Gasteiger partial charge in [0.1, 0.15) is 6.61 Å². The molecule has 5 nitrogen and oxygen atoms in total. The molecule has 17 heavy (non-hydrogen) atoms. The van der Waals surface area contributed by atoms with E-state index in [1.165, 1.54) is 25.7 Å². The maximum absolute atomic E-state index is 5.36. The van der Waals surface area contributed by atoms with Crippen molar-refractivity contribution >= 4 is 0 Å². The second-order valence-electron chi connectivity index (χ2n) is 4.62. The fourth-order valence-electron chi connectivity index (χ4n) is 2.55. The Hall–Kier alpha value is -0.940. The van der Waals surface area contributed by atoms with E-state index in [0.29, 0.717) is 24.4 Å². The van der Waals surface area contributed by atoms with Gasteiger partial charge in [0.2, 0.25) is 5.89 Å². The molecular weight excluding hydrogens is 218 g/mol. The van der Waals surface area contributed by atoms with Gasteiger partial charge in [0.15, 0.2) is 5.82 Å². The number of hydrogen-bond acceptors (Lipinski definition) is 5. The predicted octanol–water partition coefficient (Wildman–Crippen LogP) is 1.85. The van der Waals surface area contributed by atoms with Crippen molar-refractivity contribution in [2.45, 2.75) is 50.7 Å². The molecule has 1 fully saturated rings. The van der Waals surface area contributed by atoms with Crippen LogP contribution in [0.25, 0.3) is 0 Å². The molecule has 1 aromatic heterocycles. The van der Waals surface area contributed by atoms with E-state index in [2.05, 4.69) is 15.5 Å². The van der Waals surface area contributed by atoms with Crippen molar-refractivity contribution in [1.29, 1.82) is 0 Å².